The average molecular weight is 266 g/mol. The molecule has 8 heteroatoms. The van der Waals surface area contributed by atoms with Crippen LogP contribution in [0.5, 0.6) is 0 Å². The first kappa shape index (κ1) is 16.5. The zero-order chi connectivity index (χ0) is 13.5. The monoisotopic (exact) mass is 266 g/mol. The van der Waals surface area contributed by atoms with Crippen LogP contribution in [0.15, 0.2) is 0 Å². The molecule has 17 heavy (non-hydrogen) atoms. The van der Waals surface area contributed by atoms with Crippen molar-refractivity contribution in [3.8, 4) is 6.07 Å². The van der Waals surface area contributed by atoms with Crippen molar-refractivity contribution in [2.45, 2.75) is 46.2 Å². The summed E-state index contributed by atoms with van der Waals surface area (Å²) in [6.07, 6.45) is 0.0675. The van der Waals surface area contributed by atoms with Gasteiger partial charge in [0.1, 0.15) is 0 Å². The smallest absolute Gasteiger partial charge is 0.300 e. The number of hydrogen-bond acceptors (Lipinski definition) is 6. The number of nitriles is 1. The van der Waals surface area contributed by atoms with Gasteiger partial charge in [-0.25, -0.2) is 9.45 Å². The van der Waals surface area contributed by atoms with Gasteiger partial charge in [-0.1, -0.05) is 0 Å². The molecule has 0 aliphatic heterocycles. The van der Waals surface area contributed by atoms with E-state index in [9.17, 15) is 9.46 Å². The maximum Gasteiger partial charge on any atom is 0.516 e. The Hall–Kier alpha value is -0.480. The summed E-state index contributed by atoms with van der Waals surface area (Å²) in [4.78, 5) is 13.8. The first-order valence-electron chi connectivity index (χ1n) is 5.29. The Balaban J connectivity index is 4.22. The van der Waals surface area contributed by atoms with Crippen LogP contribution in [0.3, 0.4) is 0 Å². The third-order valence-corrected chi connectivity index (χ3v) is 2.35. The second-order valence-corrected chi connectivity index (χ2v) is 5.15. The predicted molar refractivity (Wildman–Crippen MR) is 60.3 cm³/mol. The van der Waals surface area contributed by atoms with Crippen molar-refractivity contribution >= 4 is 7.82 Å². The van der Waals surface area contributed by atoms with Crippen LogP contribution in [0.1, 0.15) is 34.1 Å². The number of phosphoric acid groups is 1. The molecule has 0 aliphatic carbocycles. The maximum atomic E-state index is 11.5. The highest BCUT2D eigenvalue weighted by atomic mass is 31.2. The van der Waals surface area contributed by atoms with E-state index in [1.54, 1.807) is 6.07 Å². The van der Waals surface area contributed by atoms with E-state index in [2.05, 4.69) is 9.56 Å². The molecule has 0 saturated heterocycles. The Bertz CT molecular complexity index is 294. The number of nitrogens with zero attached hydrogens (tertiary/aromatic N) is 2. The molecule has 0 heterocycles. The minimum absolute atomic E-state index is 0.0675. The molecule has 0 spiro atoms. The molecule has 1 unspecified atom stereocenters. The largest absolute Gasteiger partial charge is 0.516 e. The second kappa shape index (κ2) is 7.77. The minimum Gasteiger partial charge on any atom is -0.300 e. The highest BCUT2D eigenvalue weighted by Crippen LogP contribution is 2.45. The average Bonchev–Trinajstić information content (AvgIpc) is 2.20. The summed E-state index contributed by atoms with van der Waals surface area (Å²) in [5.41, 5.74) is 0. The van der Waals surface area contributed by atoms with Gasteiger partial charge in [0.2, 0.25) is 0 Å². The molecule has 0 aliphatic rings. The van der Waals surface area contributed by atoms with Crippen LogP contribution in [-0.2, 0) is 18.8 Å². The van der Waals surface area contributed by atoms with E-state index in [1.165, 1.54) is 5.06 Å². The van der Waals surface area contributed by atoms with E-state index in [1.807, 2.05) is 27.7 Å². The van der Waals surface area contributed by atoms with Gasteiger partial charge in [-0.3, -0.25) is 4.89 Å². The standard InChI is InChI=1S/C9H19N2O5P/c1-8(2)11(9(3)4)15-17(12,13)16-14-7-5-6-10/h8-9H,5,7H2,1-4H3,(H,12,13). The Labute approximate surface area is 101 Å². The lowest BCUT2D eigenvalue weighted by molar-refractivity contribution is -0.245. The Kier molecular flexibility index (Phi) is 7.55. The third-order valence-electron chi connectivity index (χ3n) is 1.66. The van der Waals surface area contributed by atoms with Crippen molar-refractivity contribution in [2.24, 2.45) is 0 Å². The minimum atomic E-state index is -4.30. The van der Waals surface area contributed by atoms with Gasteiger partial charge in [0, 0.05) is 12.1 Å². The zero-order valence-corrected chi connectivity index (χ0v) is 11.4. The Morgan fingerprint density at radius 1 is 1.35 bits per heavy atom. The van der Waals surface area contributed by atoms with E-state index in [0.29, 0.717) is 0 Å². The molecule has 0 saturated carbocycles. The van der Waals surface area contributed by atoms with Gasteiger partial charge in [-0.2, -0.15) is 14.9 Å². The summed E-state index contributed by atoms with van der Waals surface area (Å²) >= 11 is 0. The number of hydrogen-bond donors (Lipinski definition) is 1. The molecule has 0 amide bonds. The molecule has 0 radical (unpaired) electrons. The van der Waals surface area contributed by atoms with E-state index in [0.717, 1.165) is 0 Å². The molecular formula is C9H19N2O5P. The fourth-order valence-electron chi connectivity index (χ4n) is 1.11. The van der Waals surface area contributed by atoms with Crippen LogP contribution in [0.4, 0.5) is 0 Å². The molecule has 0 rings (SSSR count). The molecule has 0 aromatic carbocycles. The fraction of sp³-hybridized carbons (Fsp3) is 0.889. The molecule has 1 atom stereocenters. The summed E-state index contributed by atoms with van der Waals surface area (Å²) in [6, 6.07) is 1.63. The van der Waals surface area contributed by atoms with Crippen molar-refractivity contribution in [2.75, 3.05) is 6.61 Å². The lowest BCUT2D eigenvalue weighted by Gasteiger charge is -2.29. The van der Waals surface area contributed by atoms with Crippen LogP contribution in [0.2, 0.25) is 0 Å². The van der Waals surface area contributed by atoms with Gasteiger partial charge in [-0.15, -0.1) is 4.67 Å². The van der Waals surface area contributed by atoms with Crippen molar-refractivity contribution in [1.29, 1.82) is 5.26 Å². The first-order chi connectivity index (χ1) is 7.80. The van der Waals surface area contributed by atoms with E-state index in [4.69, 9.17) is 9.89 Å². The maximum absolute atomic E-state index is 11.5. The van der Waals surface area contributed by atoms with E-state index >= 15 is 0 Å². The van der Waals surface area contributed by atoms with Crippen LogP contribution in [0.25, 0.3) is 0 Å². The molecule has 1 N–H and O–H groups in total. The van der Waals surface area contributed by atoms with Crippen LogP contribution < -0.4 is 0 Å². The summed E-state index contributed by atoms with van der Waals surface area (Å²) < 4.78 is 20.6. The van der Waals surface area contributed by atoms with Crippen LogP contribution >= 0.6 is 7.82 Å². The molecule has 100 valence electrons. The Morgan fingerprint density at radius 2 is 1.88 bits per heavy atom. The molecular weight excluding hydrogens is 247 g/mol. The lowest BCUT2D eigenvalue weighted by Crippen LogP contribution is -2.36. The second-order valence-electron chi connectivity index (χ2n) is 3.90. The normalized spacial score (nSPS) is 15.2. The van der Waals surface area contributed by atoms with Crippen molar-refractivity contribution in [3.05, 3.63) is 0 Å². The van der Waals surface area contributed by atoms with Crippen molar-refractivity contribution in [1.82, 2.24) is 5.06 Å². The van der Waals surface area contributed by atoms with Gasteiger partial charge >= 0.3 is 7.82 Å². The molecule has 0 fully saturated rings. The lowest BCUT2D eigenvalue weighted by atomic mass is 10.3. The van der Waals surface area contributed by atoms with Crippen LogP contribution in [0, 0.1) is 11.3 Å². The topological polar surface area (TPSA) is 92.0 Å². The molecule has 7 nitrogen and oxygen atoms in total. The van der Waals surface area contributed by atoms with E-state index in [-0.39, 0.29) is 25.1 Å². The first-order valence-corrected chi connectivity index (χ1v) is 6.78. The van der Waals surface area contributed by atoms with E-state index < -0.39 is 7.82 Å². The number of rotatable bonds is 8. The molecule has 0 aromatic rings. The highest BCUT2D eigenvalue weighted by molar-refractivity contribution is 7.47. The molecule has 0 aromatic heterocycles. The predicted octanol–water partition coefficient (Wildman–Crippen LogP) is 2.00. The van der Waals surface area contributed by atoms with Crippen molar-refractivity contribution in [3.63, 3.8) is 0 Å². The van der Waals surface area contributed by atoms with Gasteiger partial charge in [0.25, 0.3) is 0 Å². The van der Waals surface area contributed by atoms with Crippen molar-refractivity contribution < 1.29 is 23.6 Å². The summed E-state index contributed by atoms with van der Waals surface area (Å²) in [5.74, 6) is 0. The SMILES string of the molecule is CC(C)N(OP(=O)(O)OOCCC#N)C(C)C. The zero-order valence-electron chi connectivity index (χ0n) is 10.5. The van der Waals surface area contributed by atoms with Gasteiger partial charge in [-0.05, 0) is 27.7 Å². The Morgan fingerprint density at radius 3 is 2.29 bits per heavy atom. The summed E-state index contributed by atoms with van der Waals surface area (Å²) in [7, 11) is -4.30. The number of hydroxylamine groups is 2. The van der Waals surface area contributed by atoms with Gasteiger partial charge in [0.15, 0.2) is 0 Å². The van der Waals surface area contributed by atoms with Crippen LogP contribution in [-0.4, -0.2) is 28.6 Å². The summed E-state index contributed by atoms with van der Waals surface area (Å²) in [5, 5.41) is 9.57. The van der Waals surface area contributed by atoms with Gasteiger partial charge < -0.3 is 0 Å². The fourth-order valence-corrected chi connectivity index (χ4v) is 1.96. The quantitative estimate of drug-likeness (QED) is 0.311. The third kappa shape index (κ3) is 7.45. The van der Waals surface area contributed by atoms with Gasteiger partial charge in [0.05, 0.1) is 19.1 Å². The molecule has 0 bridgehead atoms. The highest BCUT2D eigenvalue weighted by Gasteiger charge is 2.30. The summed E-state index contributed by atoms with van der Waals surface area (Å²) in [6.45, 7) is 7.17.